The topological polar surface area (TPSA) is 64.3 Å². The van der Waals surface area contributed by atoms with Crippen LogP contribution < -0.4 is 0 Å². The zero-order valence-corrected chi connectivity index (χ0v) is 12.0. The summed E-state index contributed by atoms with van der Waals surface area (Å²) in [5, 5.41) is 4.08. The summed E-state index contributed by atoms with van der Waals surface area (Å²) in [5.41, 5.74) is 1.24. The van der Waals surface area contributed by atoms with Gasteiger partial charge in [0.1, 0.15) is 4.60 Å². The molecule has 0 aliphatic heterocycles. The molecule has 0 radical (unpaired) electrons. The second-order valence-electron chi connectivity index (χ2n) is 3.49. The second-order valence-corrected chi connectivity index (χ2v) is 6.72. The van der Waals surface area contributed by atoms with Crippen LogP contribution in [0.5, 0.6) is 0 Å². The highest BCUT2D eigenvalue weighted by Gasteiger charge is 2.22. The van der Waals surface area contributed by atoms with E-state index >= 15 is 0 Å². The van der Waals surface area contributed by atoms with Crippen LogP contribution >= 0.6 is 26.6 Å². The van der Waals surface area contributed by atoms with Crippen molar-refractivity contribution in [1.82, 2.24) is 14.6 Å². The van der Waals surface area contributed by atoms with Crippen LogP contribution in [0.15, 0.2) is 21.8 Å². The third-order valence-electron chi connectivity index (χ3n) is 2.19. The predicted molar refractivity (Wildman–Crippen MR) is 67.7 cm³/mol. The van der Waals surface area contributed by atoms with E-state index in [1.54, 1.807) is 6.07 Å². The van der Waals surface area contributed by atoms with Gasteiger partial charge in [-0.1, -0.05) is 13.3 Å². The molecule has 0 spiro atoms. The minimum atomic E-state index is -3.89. The van der Waals surface area contributed by atoms with E-state index in [4.69, 9.17) is 10.7 Å². The summed E-state index contributed by atoms with van der Waals surface area (Å²) in [6, 6.07) is 3.54. The van der Waals surface area contributed by atoms with Gasteiger partial charge in [-0.25, -0.2) is 13.4 Å². The highest BCUT2D eigenvalue weighted by Crippen LogP contribution is 2.25. The number of rotatable bonds is 3. The molecule has 2 heterocycles. The molecule has 0 aliphatic rings. The van der Waals surface area contributed by atoms with Crippen LogP contribution in [0.1, 0.15) is 19.0 Å². The number of fused-ring (bicyclic) bond motifs is 1. The van der Waals surface area contributed by atoms with Gasteiger partial charge in [-0.3, -0.25) is 0 Å². The van der Waals surface area contributed by atoms with Crippen molar-refractivity contribution in [2.24, 2.45) is 0 Å². The lowest BCUT2D eigenvalue weighted by atomic mass is 10.2. The van der Waals surface area contributed by atoms with Crippen LogP contribution in [0, 0.1) is 0 Å². The third kappa shape index (κ3) is 2.46. The Kier molecular flexibility index (Phi) is 3.42. The van der Waals surface area contributed by atoms with Crippen molar-refractivity contribution < 1.29 is 8.42 Å². The van der Waals surface area contributed by atoms with Gasteiger partial charge in [0.2, 0.25) is 5.03 Å². The predicted octanol–water partition coefficient (Wildman–Crippen LogP) is 2.37. The number of imidazole rings is 1. The number of hydrogen-bond donors (Lipinski definition) is 0. The van der Waals surface area contributed by atoms with Crippen molar-refractivity contribution in [3.05, 3.63) is 22.4 Å². The summed E-state index contributed by atoms with van der Waals surface area (Å²) in [4.78, 5) is 4.03. The number of aryl methyl sites for hydroxylation is 1. The lowest BCUT2D eigenvalue weighted by Gasteiger charge is -2.00. The SMILES string of the molecule is CCCc1ccc2nc(Br)c(S(=O)(=O)Cl)n2n1. The first kappa shape index (κ1) is 12.8. The molecule has 0 bridgehead atoms. The van der Waals surface area contributed by atoms with Crippen molar-refractivity contribution in [2.45, 2.75) is 24.8 Å². The van der Waals surface area contributed by atoms with E-state index in [2.05, 4.69) is 26.0 Å². The van der Waals surface area contributed by atoms with E-state index in [0.717, 1.165) is 18.5 Å². The van der Waals surface area contributed by atoms with E-state index in [1.165, 1.54) is 4.52 Å². The third-order valence-corrected chi connectivity index (χ3v) is 4.27. The molecule has 2 aromatic heterocycles. The van der Waals surface area contributed by atoms with Gasteiger partial charge in [0.05, 0.1) is 5.69 Å². The summed E-state index contributed by atoms with van der Waals surface area (Å²) >= 11 is 3.07. The average molecular weight is 339 g/mol. The molecule has 0 saturated heterocycles. The molecule has 0 atom stereocenters. The Morgan fingerprint density at radius 2 is 2.18 bits per heavy atom. The summed E-state index contributed by atoms with van der Waals surface area (Å²) in [7, 11) is 1.47. The van der Waals surface area contributed by atoms with Gasteiger partial charge >= 0.3 is 0 Å². The van der Waals surface area contributed by atoms with Gasteiger partial charge in [-0.05, 0) is 34.5 Å². The maximum absolute atomic E-state index is 11.4. The number of halogens is 2. The van der Waals surface area contributed by atoms with E-state index in [1.807, 2.05) is 13.0 Å². The van der Waals surface area contributed by atoms with Gasteiger partial charge < -0.3 is 0 Å². The van der Waals surface area contributed by atoms with Gasteiger partial charge in [0, 0.05) is 10.7 Å². The molecule has 0 fully saturated rings. The van der Waals surface area contributed by atoms with E-state index < -0.39 is 9.05 Å². The molecule has 0 aromatic carbocycles. The minimum Gasteiger partial charge on any atom is -0.219 e. The Morgan fingerprint density at radius 1 is 1.47 bits per heavy atom. The summed E-state index contributed by atoms with van der Waals surface area (Å²) < 4.78 is 24.3. The Bertz CT molecular complexity index is 668. The second kappa shape index (κ2) is 4.55. The smallest absolute Gasteiger partial charge is 0.219 e. The summed E-state index contributed by atoms with van der Waals surface area (Å²) in [5.74, 6) is 0. The molecule has 2 rings (SSSR count). The van der Waals surface area contributed by atoms with Crippen LogP contribution in [-0.2, 0) is 15.5 Å². The van der Waals surface area contributed by atoms with Crippen LogP contribution in [0.2, 0.25) is 0 Å². The summed E-state index contributed by atoms with van der Waals surface area (Å²) in [6.07, 6.45) is 1.70. The molecule has 17 heavy (non-hydrogen) atoms. The zero-order valence-electron chi connectivity index (χ0n) is 8.89. The van der Waals surface area contributed by atoms with E-state index in [0.29, 0.717) is 5.65 Å². The average Bonchev–Trinajstić information content (AvgIpc) is 2.53. The van der Waals surface area contributed by atoms with Crippen molar-refractivity contribution in [3.8, 4) is 0 Å². The standard InChI is InChI=1S/C9H9BrClN3O2S/c1-2-3-6-4-5-7-12-8(10)9(14(7)13-6)17(11,15)16/h4-5H,2-3H2,1H3. The Morgan fingerprint density at radius 3 is 2.76 bits per heavy atom. The number of aromatic nitrogens is 3. The lowest BCUT2D eigenvalue weighted by molar-refractivity contribution is 0.600. The highest BCUT2D eigenvalue weighted by atomic mass is 79.9. The van der Waals surface area contributed by atoms with Gasteiger partial charge in [-0.2, -0.15) is 9.61 Å². The molecule has 5 nitrogen and oxygen atoms in total. The molecule has 0 amide bonds. The van der Waals surface area contributed by atoms with E-state index in [9.17, 15) is 8.42 Å². The Hall–Kier alpha value is -0.660. The summed E-state index contributed by atoms with van der Waals surface area (Å²) in [6.45, 7) is 2.02. The minimum absolute atomic E-state index is 0.132. The maximum Gasteiger partial charge on any atom is 0.281 e. The van der Waals surface area contributed by atoms with Crippen molar-refractivity contribution in [3.63, 3.8) is 0 Å². The monoisotopic (exact) mass is 337 g/mol. The van der Waals surface area contributed by atoms with Crippen molar-refractivity contribution in [1.29, 1.82) is 0 Å². The van der Waals surface area contributed by atoms with Crippen molar-refractivity contribution in [2.75, 3.05) is 0 Å². The van der Waals surface area contributed by atoms with Crippen LogP contribution in [0.25, 0.3) is 5.65 Å². The molecular weight excluding hydrogens is 330 g/mol. The van der Waals surface area contributed by atoms with Gasteiger partial charge in [-0.15, -0.1) is 0 Å². The number of hydrogen-bond acceptors (Lipinski definition) is 4. The van der Waals surface area contributed by atoms with Crippen LogP contribution in [0.4, 0.5) is 0 Å². The van der Waals surface area contributed by atoms with E-state index in [-0.39, 0.29) is 9.63 Å². The molecule has 0 saturated carbocycles. The fraction of sp³-hybridized carbons (Fsp3) is 0.333. The van der Waals surface area contributed by atoms with Crippen LogP contribution in [-0.4, -0.2) is 23.0 Å². The molecule has 8 heteroatoms. The number of nitrogens with zero attached hydrogens (tertiary/aromatic N) is 3. The molecule has 0 aliphatic carbocycles. The first-order valence-electron chi connectivity index (χ1n) is 4.92. The fourth-order valence-corrected chi connectivity index (χ4v) is 3.79. The van der Waals surface area contributed by atoms with Crippen molar-refractivity contribution >= 4 is 41.3 Å². The lowest BCUT2D eigenvalue weighted by Crippen LogP contribution is -2.03. The normalized spacial score (nSPS) is 12.2. The van der Waals surface area contributed by atoms with Gasteiger partial charge in [0.25, 0.3) is 9.05 Å². The van der Waals surface area contributed by atoms with Crippen LogP contribution in [0.3, 0.4) is 0 Å². The van der Waals surface area contributed by atoms with Gasteiger partial charge in [0.15, 0.2) is 5.65 Å². The molecule has 2 aromatic rings. The maximum atomic E-state index is 11.4. The fourth-order valence-electron chi connectivity index (χ4n) is 1.52. The largest absolute Gasteiger partial charge is 0.281 e. The first-order chi connectivity index (χ1) is 7.93. The first-order valence-corrected chi connectivity index (χ1v) is 8.02. The molecule has 0 unspecified atom stereocenters. The Labute approximate surface area is 111 Å². The molecular formula is C9H9BrClN3O2S. The molecule has 0 N–H and O–H groups in total. The molecule has 92 valence electrons. The quantitative estimate of drug-likeness (QED) is 0.806. The highest BCUT2D eigenvalue weighted by molar-refractivity contribution is 9.10. The zero-order chi connectivity index (χ0) is 12.6. The Balaban J connectivity index is 2.74.